The summed E-state index contributed by atoms with van der Waals surface area (Å²) >= 11 is 0. The molecule has 0 aliphatic heterocycles. The molecule has 5 nitrogen and oxygen atoms in total. The van der Waals surface area contributed by atoms with Crippen LogP contribution in [0.3, 0.4) is 0 Å². The lowest BCUT2D eigenvalue weighted by Crippen LogP contribution is -2.47. The maximum atomic E-state index is 12.6. The molecule has 0 saturated heterocycles. The van der Waals surface area contributed by atoms with Crippen molar-refractivity contribution in [1.29, 1.82) is 0 Å². The van der Waals surface area contributed by atoms with E-state index >= 15 is 0 Å². The van der Waals surface area contributed by atoms with Gasteiger partial charge in [-0.25, -0.2) is 0 Å². The van der Waals surface area contributed by atoms with Gasteiger partial charge in [0.05, 0.1) is 0 Å². The summed E-state index contributed by atoms with van der Waals surface area (Å²) in [7, 11) is 0. The molecule has 0 radical (unpaired) electrons. The fourth-order valence-corrected chi connectivity index (χ4v) is 2.49. The molecule has 27 heavy (non-hydrogen) atoms. The van der Waals surface area contributed by atoms with Crippen molar-refractivity contribution in [3.05, 3.63) is 59.7 Å². The lowest BCUT2D eigenvalue weighted by atomic mass is 10.0. The first kappa shape index (κ1) is 20.4. The molecule has 1 atom stereocenters. The van der Waals surface area contributed by atoms with E-state index in [2.05, 4.69) is 15.4 Å². The van der Waals surface area contributed by atoms with Gasteiger partial charge in [0.25, 0.3) is 5.91 Å². The van der Waals surface area contributed by atoms with Crippen LogP contribution in [0.4, 0.5) is 14.5 Å². The number of anilines is 1. The average Bonchev–Trinajstić information content (AvgIpc) is 2.60. The quantitative estimate of drug-likeness (QED) is 0.768. The topological polar surface area (TPSA) is 67.4 Å². The minimum absolute atomic E-state index is 0.00356. The summed E-state index contributed by atoms with van der Waals surface area (Å²) in [4.78, 5) is 25.0. The smallest absolute Gasteiger partial charge is 0.387 e. The second-order valence-corrected chi connectivity index (χ2v) is 6.46. The fraction of sp³-hybridized carbons (Fsp3) is 0.300. The summed E-state index contributed by atoms with van der Waals surface area (Å²) in [6, 6.07) is 11.9. The van der Waals surface area contributed by atoms with Gasteiger partial charge in [0.15, 0.2) is 0 Å². The zero-order chi connectivity index (χ0) is 20.0. The van der Waals surface area contributed by atoms with Crippen LogP contribution >= 0.6 is 0 Å². The highest BCUT2D eigenvalue weighted by molar-refractivity contribution is 6.01. The van der Waals surface area contributed by atoms with Crippen LogP contribution in [-0.2, 0) is 4.79 Å². The van der Waals surface area contributed by atoms with Gasteiger partial charge in [-0.1, -0.05) is 31.5 Å². The van der Waals surface area contributed by atoms with Gasteiger partial charge in [-0.15, -0.1) is 0 Å². The Labute approximate surface area is 156 Å². The van der Waals surface area contributed by atoms with Gasteiger partial charge in [0.1, 0.15) is 11.8 Å². The Balaban J connectivity index is 2.05. The van der Waals surface area contributed by atoms with Crippen molar-refractivity contribution >= 4 is 17.5 Å². The van der Waals surface area contributed by atoms with Crippen LogP contribution in [0.5, 0.6) is 5.75 Å². The number of carbonyl (C=O) groups is 2. The van der Waals surface area contributed by atoms with Crippen LogP contribution in [0.1, 0.15) is 29.8 Å². The molecule has 0 fully saturated rings. The number of ether oxygens (including phenoxy) is 1. The van der Waals surface area contributed by atoms with E-state index in [0.29, 0.717) is 11.3 Å². The van der Waals surface area contributed by atoms with Gasteiger partial charge in [0, 0.05) is 11.3 Å². The first-order valence-corrected chi connectivity index (χ1v) is 8.49. The monoisotopic (exact) mass is 376 g/mol. The van der Waals surface area contributed by atoms with E-state index in [0.717, 1.165) is 5.56 Å². The van der Waals surface area contributed by atoms with Crippen LogP contribution in [0.25, 0.3) is 0 Å². The van der Waals surface area contributed by atoms with Crippen molar-refractivity contribution < 1.29 is 23.1 Å². The van der Waals surface area contributed by atoms with Crippen molar-refractivity contribution in [1.82, 2.24) is 5.32 Å². The third-order valence-corrected chi connectivity index (χ3v) is 3.86. The molecule has 2 amide bonds. The molecule has 0 unspecified atom stereocenters. The molecule has 2 aromatic rings. The lowest BCUT2D eigenvalue weighted by Gasteiger charge is -2.22. The van der Waals surface area contributed by atoms with E-state index in [1.54, 1.807) is 18.2 Å². The maximum Gasteiger partial charge on any atom is 0.387 e. The molecule has 2 rings (SSSR count). The molecule has 0 aliphatic carbocycles. The van der Waals surface area contributed by atoms with E-state index in [9.17, 15) is 18.4 Å². The highest BCUT2D eigenvalue weighted by atomic mass is 19.3. The Kier molecular flexibility index (Phi) is 6.87. The van der Waals surface area contributed by atoms with E-state index in [1.807, 2.05) is 26.8 Å². The molecule has 144 valence electrons. The summed E-state index contributed by atoms with van der Waals surface area (Å²) in [5.74, 6) is -0.891. The molecule has 2 N–H and O–H groups in total. The number of nitrogens with one attached hydrogen (secondary N) is 2. The highest BCUT2D eigenvalue weighted by Crippen LogP contribution is 2.18. The average molecular weight is 376 g/mol. The molecule has 0 saturated carbocycles. The molecule has 0 spiro atoms. The zero-order valence-corrected chi connectivity index (χ0v) is 15.3. The number of rotatable bonds is 7. The summed E-state index contributed by atoms with van der Waals surface area (Å²) in [6.45, 7) is 2.61. The van der Waals surface area contributed by atoms with Crippen molar-refractivity contribution in [3.63, 3.8) is 0 Å². The zero-order valence-electron chi connectivity index (χ0n) is 15.3. The van der Waals surface area contributed by atoms with Crippen LogP contribution in [0.2, 0.25) is 0 Å². The predicted molar refractivity (Wildman–Crippen MR) is 99.0 cm³/mol. The van der Waals surface area contributed by atoms with Crippen LogP contribution in [0.15, 0.2) is 48.5 Å². The Morgan fingerprint density at radius 2 is 1.70 bits per heavy atom. The normalized spacial score (nSPS) is 12.0. The first-order valence-electron chi connectivity index (χ1n) is 8.49. The third kappa shape index (κ3) is 6.06. The van der Waals surface area contributed by atoms with E-state index in [-0.39, 0.29) is 17.6 Å². The fourth-order valence-electron chi connectivity index (χ4n) is 2.49. The molecular weight excluding hydrogens is 354 g/mol. The Bertz CT molecular complexity index is 792. The predicted octanol–water partition coefficient (Wildman–Crippen LogP) is 3.99. The number of hydrogen-bond acceptors (Lipinski definition) is 3. The largest absolute Gasteiger partial charge is 0.435 e. The number of aryl methyl sites for hydroxylation is 1. The van der Waals surface area contributed by atoms with Crippen LogP contribution < -0.4 is 15.4 Å². The SMILES string of the molecule is Cc1cccc(C(=O)N[C@@H](C(=O)Nc2ccc(OC(F)F)cc2)C(C)C)c1. The summed E-state index contributed by atoms with van der Waals surface area (Å²) in [5.41, 5.74) is 1.83. The van der Waals surface area contributed by atoms with Crippen LogP contribution in [0, 0.1) is 12.8 Å². The molecule has 0 heterocycles. The number of hydrogen-bond donors (Lipinski definition) is 2. The molecular formula is C20H22F2N2O3. The summed E-state index contributed by atoms with van der Waals surface area (Å²) < 4.78 is 28.6. The van der Waals surface area contributed by atoms with Crippen molar-refractivity contribution in [3.8, 4) is 5.75 Å². The number of amides is 2. The van der Waals surface area contributed by atoms with Crippen molar-refractivity contribution in [2.24, 2.45) is 5.92 Å². The van der Waals surface area contributed by atoms with Crippen molar-refractivity contribution in [2.45, 2.75) is 33.4 Å². The molecule has 0 aliphatic rings. The lowest BCUT2D eigenvalue weighted by molar-refractivity contribution is -0.118. The Morgan fingerprint density at radius 1 is 1.04 bits per heavy atom. The maximum absolute atomic E-state index is 12.6. The summed E-state index contributed by atoms with van der Waals surface area (Å²) in [6.07, 6.45) is 0. The number of alkyl halides is 2. The van der Waals surface area contributed by atoms with E-state index in [4.69, 9.17) is 0 Å². The summed E-state index contributed by atoms with van der Waals surface area (Å²) in [5, 5.41) is 5.42. The van der Waals surface area contributed by atoms with Gasteiger partial charge in [-0.2, -0.15) is 8.78 Å². The second-order valence-electron chi connectivity index (χ2n) is 6.46. The Hall–Kier alpha value is -2.96. The van der Waals surface area contributed by atoms with Gasteiger partial charge in [-0.05, 0) is 49.2 Å². The van der Waals surface area contributed by atoms with Gasteiger partial charge >= 0.3 is 6.61 Å². The number of benzene rings is 2. The van der Waals surface area contributed by atoms with Gasteiger partial charge < -0.3 is 15.4 Å². The molecule has 0 aromatic heterocycles. The van der Waals surface area contributed by atoms with E-state index < -0.39 is 18.6 Å². The second kappa shape index (κ2) is 9.12. The minimum Gasteiger partial charge on any atom is -0.435 e. The standard InChI is InChI=1S/C20H22F2N2O3/c1-12(2)17(24-18(25)14-6-4-5-13(3)11-14)19(26)23-15-7-9-16(10-8-15)27-20(21)22/h4-12,17,20H,1-3H3,(H,23,26)(H,24,25)/t17-/m1/s1. The third-order valence-electron chi connectivity index (χ3n) is 3.86. The minimum atomic E-state index is -2.91. The molecule has 7 heteroatoms. The van der Waals surface area contributed by atoms with Crippen LogP contribution in [-0.4, -0.2) is 24.5 Å². The highest BCUT2D eigenvalue weighted by Gasteiger charge is 2.25. The molecule has 2 aromatic carbocycles. The first-order chi connectivity index (χ1) is 12.8. The van der Waals surface area contributed by atoms with Gasteiger partial charge in [0.2, 0.25) is 5.91 Å². The number of carbonyl (C=O) groups excluding carboxylic acids is 2. The molecule has 0 bridgehead atoms. The Morgan fingerprint density at radius 3 is 2.26 bits per heavy atom. The van der Waals surface area contributed by atoms with E-state index in [1.165, 1.54) is 24.3 Å². The number of halogens is 2. The van der Waals surface area contributed by atoms with Gasteiger partial charge in [-0.3, -0.25) is 9.59 Å². The van der Waals surface area contributed by atoms with Crippen molar-refractivity contribution in [2.75, 3.05) is 5.32 Å².